The lowest BCUT2D eigenvalue weighted by Gasteiger charge is -2.33. The first-order chi connectivity index (χ1) is 11.9. The van der Waals surface area contributed by atoms with Crippen LogP contribution in [0.15, 0.2) is 84.9 Å². The van der Waals surface area contributed by atoms with Crippen molar-refractivity contribution in [3.63, 3.8) is 0 Å². The lowest BCUT2D eigenvalue weighted by molar-refractivity contribution is 0.597. The molecule has 0 aromatic heterocycles. The molecule has 128 valence electrons. The average molecular weight is 347 g/mol. The van der Waals surface area contributed by atoms with Crippen molar-refractivity contribution in [2.24, 2.45) is 0 Å². The number of rotatable bonds is 5. The third kappa shape index (κ3) is 3.86. The predicted molar refractivity (Wildman–Crippen MR) is 114 cm³/mol. The summed E-state index contributed by atoms with van der Waals surface area (Å²) in [5.41, 5.74) is 2.88. The summed E-state index contributed by atoms with van der Waals surface area (Å²) in [6.45, 7) is 9.43. The van der Waals surface area contributed by atoms with Gasteiger partial charge < -0.3 is 0 Å². The molecule has 0 N–H and O–H groups in total. The monoisotopic (exact) mass is 347 g/mol. The highest BCUT2D eigenvalue weighted by molar-refractivity contribution is 7.89. The largest absolute Gasteiger partial charge is 0.0989 e. The van der Waals surface area contributed by atoms with Crippen LogP contribution in [0.4, 0.5) is 0 Å². The second kappa shape index (κ2) is 7.14. The summed E-state index contributed by atoms with van der Waals surface area (Å²) in [5.74, 6) is 0. The van der Waals surface area contributed by atoms with Gasteiger partial charge >= 0.3 is 0 Å². The smallest absolute Gasteiger partial charge is 0.0620 e. The molecule has 3 aromatic rings. The summed E-state index contributed by atoms with van der Waals surface area (Å²) in [4.78, 5) is 0. The zero-order valence-corrected chi connectivity index (χ0v) is 16.6. The van der Waals surface area contributed by atoms with Crippen molar-refractivity contribution in [2.45, 2.75) is 26.2 Å². The highest BCUT2D eigenvalue weighted by Gasteiger charge is 2.43. The second-order valence-electron chi connectivity index (χ2n) is 7.77. The van der Waals surface area contributed by atoms with Gasteiger partial charge in [-0.1, -0.05) is 80.1 Å². The van der Waals surface area contributed by atoms with Crippen LogP contribution in [0.1, 0.15) is 25.0 Å². The summed E-state index contributed by atoms with van der Waals surface area (Å²) in [7, 11) is -1.47. The highest BCUT2D eigenvalue weighted by Crippen LogP contribution is 2.56. The third-order valence-corrected chi connectivity index (χ3v) is 9.50. The lowest BCUT2D eigenvalue weighted by atomic mass is 9.86. The zero-order valence-electron chi connectivity index (χ0n) is 15.7. The minimum absolute atomic E-state index is 0.127. The maximum absolute atomic E-state index is 2.49. The van der Waals surface area contributed by atoms with E-state index in [9.17, 15) is 0 Å². The molecule has 0 amide bonds. The van der Waals surface area contributed by atoms with E-state index in [-0.39, 0.29) is 5.41 Å². The van der Waals surface area contributed by atoms with Gasteiger partial charge in [-0.25, -0.2) is 0 Å². The second-order valence-corrected chi connectivity index (χ2v) is 11.5. The van der Waals surface area contributed by atoms with E-state index in [0.717, 1.165) is 6.16 Å². The SMILES string of the molecule is Cc1ccc(C(C)(C)C[P+](C)(c2ccccc2)c2ccccc2)cc1. The van der Waals surface area contributed by atoms with Gasteiger partial charge in [-0.3, -0.25) is 0 Å². The summed E-state index contributed by atoms with van der Waals surface area (Å²) < 4.78 is 0. The van der Waals surface area contributed by atoms with Crippen LogP contribution in [0.25, 0.3) is 0 Å². The summed E-state index contributed by atoms with van der Waals surface area (Å²) >= 11 is 0. The molecule has 0 atom stereocenters. The quantitative estimate of drug-likeness (QED) is 0.529. The van der Waals surface area contributed by atoms with Crippen LogP contribution in [-0.2, 0) is 5.41 Å². The number of hydrogen-bond donors (Lipinski definition) is 0. The Balaban J connectivity index is 2.05. The van der Waals surface area contributed by atoms with Crippen LogP contribution < -0.4 is 10.6 Å². The van der Waals surface area contributed by atoms with E-state index >= 15 is 0 Å². The van der Waals surface area contributed by atoms with E-state index in [1.165, 1.54) is 21.7 Å². The minimum Gasteiger partial charge on any atom is -0.0620 e. The first-order valence-electron chi connectivity index (χ1n) is 8.96. The average Bonchev–Trinajstić information content (AvgIpc) is 2.63. The van der Waals surface area contributed by atoms with Crippen molar-refractivity contribution in [1.29, 1.82) is 0 Å². The van der Waals surface area contributed by atoms with Crippen LogP contribution in [0.2, 0.25) is 0 Å². The van der Waals surface area contributed by atoms with Crippen molar-refractivity contribution in [3.8, 4) is 0 Å². The number of benzene rings is 3. The highest BCUT2D eigenvalue weighted by atomic mass is 31.2. The van der Waals surface area contributed by atoms with E-state index in [1.807, 2.05) is 0 Å². The number of aryl methyl sites for hydroxylation is 1. The van der Waals surface area contributed by atoms with Crippen LogP contribution in [0.3, 0.4) is 0 Å². The zero-order chi connectivity index (χ0) is 17.9. The first kappa shape index (κ1) is 17.9. The molecular weight excluding hydrogens is 319 g/mol. The Hall–Kier alpha value is -1.91. The van der Waals surface area contributed by atoms with Gasteiger partial charge in [-0.05, 0) is 36.8 Å². The van der Waals surface area contributed by atoms with Gasteiger partial charge in [0.25, 0.3) is 0 Å². The Morgan fingerprint density at radius 2 is 1.12 bits per heavy atom. The van der Waals surface area contributed by atoms with Gasteiger partial charge in [0.2, 0.25) is 0 Å². The summed E-state index contributed by atoms with van der Waals surface area (Å²) in [5, 5.41) is 2.97. The van der Waals surface area contributed by atoms with E-state index < -0.39 is 7.26 Å². The molecule has 0 bridgehead atoms. The molecule has 3 rings (SSSR count). The van der Waals surface area contributed by atoms with Crippen molar-refractivity contribution in [3.05, 3.63) is 96.1 Å². The van der Waals surface area contributed by atoms with E-state index in [1.54, 1.807) is 0 Å². The fraction of sp³-hybridized carbons (Fsp3) is 0.250. The fourth-order valence-corrected chi connectivity index (χ4v) is 7.82. The Kier molecular flexibility index (Phi) is 5.11. The maximum Gasteiger partial charge on any atom is 0.0989 e. The molecule has 0 radical (unpaired) electrons. The molecule has 1 heteroatoms. The van der Waals surface area contributed by atoms with Gasteiger partial charge in [-0.2, -0.15) is 0 Å². The topological polar surface area (TPSA) is 0 Å². The van der Waals surface area contributed by atoms with E-state index in [2.05, 4.69) is 112 Å². The molecule has 0 spiro atoms. The van der Waals surface area contributed by atoms with Crippen LogP contribution in [0.5, 0.6) is 0 Å². The van der Waals surface area contributed by atoms with Gasteiger partial charge in [0.05, 0.1) is 30.7 Å². The van der Waals surface area contributed by atoms with Crippen molar-refractivity contribution in [1.82, 2.24) is 0 Å². The molecule has 0 aliphatic rings. The molecule has 0 saturated heterocycles. The lowest BCUT2D eigenvalue weighted by Crippen LogP contribution is -2.33. The molecule has 0 fully saturated rings. The molecule has 0 heterocycles. The summed E-state index contributed by atoms with van der Waals surface area (Å²) in [6.07, 6.45) is 1.16. The molecule has 25 heavy (non-hydrogen) atoms. The minimum atomic E-state index is -1.47. The van der Waals surface area contributed by atoms with Crippen molar-refractivity contribution >= 4 is 17.9 Å². The van der Waals surface area contributed by atoms with Crippen LogP contribution >= 0.6 is 7.26 Å². The molecular formula is C24H28P+. The maximum atomic E-state index is 2.49. The van der Waals surface area contributed by atoms with Crippen molar-refractivity contribution < 1.29 is 0 Å². The Morgan fingerprint density at radius 3 is 1.56 bits per heavy atom. The molecule has 0 unspecified atom stereocenters. The van der Waals surface area contributed by atoms with Crippen molar-refractivity contribution in [2.75, 3.05) is 12.8 Å². The standard InChI is InChI=1S/C24H28P/c1-20-15-17-21(18-16-20)24(2,3)19-25(4,22-11-7-5-8-12-22)23-13-9-6-10-14-23/h5-18H,19H2,1-4H3/q+1. The van der Waals surface area contributed by atoms with E-state index in [0.29, 0.717) is 0 Å². The van der Waals surface area contributed by atoms with E-state index in [4.69, 9.17) is 0 Å². The number of hydrogen-bond acceptors (Lipinski definition) is 0. The Labute approximate surface area is 153 Å². The summed E-state index contributed by atoms with van der Waals surface area (Å²) in [6, 6.07) is 31.3. The molecule has 0 aliphatic carbocycles. The molecule has 3 aromatic carbocycles. The predicted octanol–water partition coefficient (Wildman–Crippen LogP) is 5.57. The third-order valence-electron chi connectivity index (χ3n) is 5.20. The van der Waals surface area contributed by atoms with Gasteiger partial charge in [0, 0.05) is 5.41 Å². The molecule has 0 aliphatic heterocycles. The Bertz CT molecular complexity index is 762. The Morgan fingerprint density at radius 1 is 0.680 bits per heavy atom. The normalized spacial score (nSPS) is 12.2. The molecule has 0 saturated carbocycles. The van der Waals surface area contributed by atoms with Gasteiger partial charge in [0.15, 0.2) is 0 Å². The fourth-order valence-electron chi connectivity index (χ4n) is 3.73. The van der Waals surface area contributed by atoms with Gasteiger partial charge in [-0.15, -0.1) is 0 Å². The van der Waals surface area contributed by atoms with Crippen LogP contribution in [-0.4, -0.2) is 12.8 Å². The van der Waals surface area contributed by atoms with Crippen LogP contribution in [0, 0.1) is 6.92 Å². The first-order valence-corrected chi connectivity index (χ1v) is 11.4. The molecule has 0 nitrogen and oxygen atoms in total. The van der Waals surface area contributed by atoms with Gasteiger partial charge in [0.1, 0.15) is 0 Å².